The molecule has 2 atom stereocenters. The average Bonchev–Trinajstić information content (AvgIpc) is 2.00. The van der Waals surface area contributed by atoms with E-state index in [9.17, 15) is 4.79 Å². The number of hydrogen-bond acceptors (Lipinski definition) is 3. The Balaban J connectivity index is 3.46. The van der Waals surface area contributed by atoms with Crippen LogP contribution in [0.2, 0.25) is 0 Å². The topological polar surface area (TPSA) is 37.3 Å². The Kier molecular flexibility index (Phi) is 6.76. The highest BCUT2D eigenvalue weighted by atomic mass is 32.1. The third kappa shape index (κ3) is 5.77. The van der Waals surface area contributed by atoms with Gasteiger partial charge in [0.15, 0.2) is 0 Å². The van der Waals surface area contributed by atoms with Crippen LogP contribution >= 0.6 is 25.3 Å². The molecule has 0 saturated carbocycles. The second-order valence-corrected chi connectivity index (χ2v) is 4.23. The van der Waals surface area contributed by atoms with Crippen molar-refractivity contribution in [3.8, 4) is 0 Å². The van der Waals surface area contributed by atoms with Crippen LogP contribution in [0.3, 0.4) is 0 Å². The molecule has 0 amide bonds. The highest BCUT2D eigenvalue weighted by Gasteiger charge is 2.13. The Hall–Kier alpha value is 0.170. The molecule has 0 aromatic heterocycles. The molecule has 12 heavy (non-hydrogen) atoms. The van der Waals surface area contributed by atoms with Gasteiger partial charge in [0, 0.05) is 5.25 Å². The van der Waals surface area contributed by atoms with E-state index in [4.69, 9.17) is 5.11 Å². The Morgan fingerprint density at radius 2 is 1.92 bits per heavy atom. The Morgan fingerprint density at radius 3 is 2.33 bits per heavy atom. The van der Waals surface area contributed by atoms with Gasteiger partial charge in [0.1, 0.15) is 0 Å². The third-order valence-electron chi connectivity index (χ3n) is 1.68. The molecule has 0 aliphatic heterocycles. The molecule has 0 aliphatic rings. The van der Waals surface area contributed by atoms with Gasteiger partial charge >= 0.3 is 5.97 Å². The molecule has 72 valence electrons. The fraction of sp³-hybridized carbons (Fsp3) is 0.875. The average molecular weight is 208 g/mol. The second kappa shape index (κ2) is 6.66. The Morgan fingerprint density at radius 1 is 1.33 bits per heavy atom. The van der Waals surface area contributed by atoms with Gasteiger partial charge in [0.2, 0.25) is 0 Å². The summed E-state index contributed by atoms with van der Waals surface area (Å²) < 4.78 is 0. The largest absolute Gasteiger partial charge is 0.480 e. The van der Waals surface area contributed by atoms with Crippen LogP contribution in [0, 0.1) is 0 Å². The maximum absolute atomic E-state index is 10.4. The lowest BCUT2D eigenvalue weighted by Crippen LogP contribution is -2.15. The minimum Gasteiger partial charge on any atom is -0.480 e. The predicted molar refractivity (Wildman–Crippen MR) is 57.3 cm³/mol. The molecule has 0 aromatic carbocycles. The van der Waals surface area contributed by atoms with E-state index in [-0.39, 0.29) is 0 Å². The molecular weight excluding hydrogens is 192 g/mol. The van der Waals surface area contributed by atoms with Gasteiger partial charge in [0.05, 0.1) is 5.25 Å². The van der Waals surface area contributed by atoms with E-state index in [0.29, 0.717) is 11.7 Å². The summed E-state index contributed by atoms with van der Waals surface area (Å²) in [6.07, 6.45) is 3.58. The van der Waals surface area contributed by atoms with Gasteiger partial charge in [-0.25, -0.2) is 0 Å². The number of carboxylic acids is 1. The van der Waals surface area contributed by atoms with Gasteiger partial charge in [-0.15, -0.1) is 0 Å². The molecule has 0 rings (SSSR count). The van der Waals surface area contributed by atoms with Gasteiger partial charge < -0.3 is 5.11 Å². The normalized spacial score (nSPS) is 15.6. The van der Waals surface area contributed by atoms with Gasteiger partial charge in [-0.05, 0) is 19.3 Å². The lowest BCUT2D eigenvalue weighted by atomic mass is 10.1. The van der Waals surface area contributed by atoms with Crippen molar-refractivity contribution in [2.45, 2.75) is 43.1 Å². The number of rotatable bonds is 6. The lowest BCUT2D eigenvalue weighted by molar-refractivity contribution is -0.136. The van der Waals surface area contributed by atoms with Crippen molar-refractivity contribution in [2.75, 3.05) is 0 Å². The van der Waals surface area contributed by atoms with Crippen LogP contribution < -0.4 is 0 Å². The van der Waals surface area contributed by atoms with E-state index in [0.717, 1.165) is 19.3 Å². The zero-order chi connectivity index (χ0) is 9.56. The van der Waals surface area contributed by atoms with Crippen molar-refractivity contribution in [2.24, 2.45) is 0 Å². The molecule has 0 radical (unpaired) electrons. The lowest BCUT2D eigenvalue weighted by Gasteiger charge is -2.10. The van der Waals surface area contributed by atoms with Gasteiger partial charge in [-0.3, -0.25) is 4.79 Å². The summed E-state index contributed by atoms with van der Waals surface area (Å²) in [5, 5.41) is 8.32. The van der Waals surface area contributed by atoms with Crippen molar-refractivity contribution in [1.29, 1.82) is 0 Å². The molecule has 0 heterocycles. The molecular formula is C8H16O2S2. The molecule has 2 nitrogen and oxygen atoms in total. The van der Waals surface area contributed by atoms with Crippen LogP contribution in [0.15, 0.2) is 0 Å². The predicted octanol–water partition coefficient (Wildman–Crippen LogP) is 2.25. The van der Waals surface area contributed by atoms with Crippen molar-refractivity contribution in [1.82, 2.24) is 0 Å². The molecule has 0 saturated heterocycles. The van der Waals surface area contributed by atoms with Crippen molar-refractivity contribution >= 4 is 31.2 Å². The molecule has 4 heteroatoms. The van der Waals surface area contributed by atoms with Crippen molar-refractivity contribution < 1.29 is 9.90 Å². The molecule has 2 unspecified atom stereocenters. The van der Waals surface area contributed by atoms with Gasteiger partial charge in [-0.1, -0.05) is 13.3 Å². The third-order valence-corrected chi connectivity index (χ3v) is 2.68. The number of hydrogen-bond donors (Lipinski definition) is 3. The summed E-state index contributed by atoms with van der Waals surface area (Å²) in [5.41, 5.74) is 0. The fourth-order valence-electron chi connectivity index (χ4n) is 0.951. The highest BCUT2D eigenvalue weighted by Crippen LogP contribution is 2.15. The van der Waals surface area contributed by atoms with Crippen LogP contribution in [0.25, 0.3) is 0 Å². The van der Waals surface area contributed by atoms with Crippen molar-refractivity contribution in [3.63, 3.8) is 0 Å². The minimum absolute atomic E-state index is 0.323. The highest BCUT2D eigenvalue weighted by molar-refractivity contribution is 7.81. The van der Waals surface area contributed by atoms with E-state index < -0.39 is 11.2 Å². The summed E-state index contributed by atoms with van der Waals surface area (Å²) in [6.45, 7) is 2.10. The monoisotopic (exact) mass is 208 g/mol. The molecule has 0 aromatic rings. The fourth-order valence-corrected chi connectivity index (χ4v) is 1.51. The zero-order valence-corrected chi connectivity index (χ0v) is 9.02. The first kappa shape index (κ1) is 12.2. The van der Waals surface area contributed by atoms with Crippen LogP contribution in [-0.2, 0) is 4.79 Å². The van der Waals surface area contributed by atoms with Gasteiger partial charge in [-0.2, -0.15) is 25.3 Å². The number of carboxylic acid groups (broad SMARTS) is 1. The maximum Gasteiger partial charge on any atom is 0.316 e. The van der Waals surface area contributed by atoms with Crippen LogP contribution in [0.1, 0.15) is 32.6 Å². The summed E-state index contributed by atoms with van der Waals surface area (Å²) in [7, 11) is 0. The summed E-state index contributed by atoms with van der Waals surface area (Å²) >= 11 is 8.26. The molecule has 0 bridgehead atoms. The summed E-state index contributed by atoms with van der Waals surface area (Å²) in [5.74, 6) is -0.838. The first-order valence-corrected chi connectivity index (χ1v) is 5.20. The minimum atomic E-state index is -0.838. The number of thiol groups is 2. The smallest absolute Gasteiger partial charge is 0.316 e. The quantitative estimate of drug-likeness (QED) is 0.586. The molecule has 0 aliphatic carbocycles. The Labute approximate surface area is 84.6 Å². The van der Waals surface area contributed by atoms with Crippen molar-refractivity contribution in [3.05, 3.63) is 0 Å². The first-order chi connectivity index (χ1) is 5.57. The van der Waals surface area contributed by atoms with E-state index in [1.54, 1.807) is 0 Å². The second-order valence-electron chi connectivity index (χ2n) is 2.87. The molecule has 0 spiro atoms. The van der Waals surface area contributed by atoms with E-state index in [1.807, 2.05) is 0 Å². The van der Waals surface area contributed by atoms with Crippen LogP contribution in [-0.4, -0.2) is 21.6 Å². The van der Waals surface area contributed by atoms with Crippen LogP contribution in [0.5, 0.6) is 0 Å². The molecule has 0 fully saturated rings. The molecule has 1 N–H and O–H groups in total. The first-order valence-electron chi connectivity index (χ1n) is 4.16. The Bertz CT molecular complexity index is 139. The van der Waals surface area contributed by atoms with E-state index >= 15 is 0 Å². The summed E-state index contributed by atoms with van der Waals surface area (Å²) in [4.78, 5) is 10.4. The van der Waals surface area contributed by atoms with E-state index in [1.165, 1.54) is 0 Å². The SMILES string of the molecule is CCCC(S)CCC(S)C(=O)O. The zero-order valence-electron chi connectivity index (χ0n) is 7.23. The van der Waals surface area contributed by atoms with E-state index in [2.05, 4.69) is 32.2 Å². The number of aliphatic carboxylic acids is 1. The summed E-state index contributed by atoms with van der Waals surface area (Å²) in [6, 6.07) is 0. The maximum atomic E-state index is 10.4. The standard InChI is InChI=1S/C8H16O2S2/c1-2-3-6(11)4-5-7(12)8(9)10/h6-7,11-12H,2-5H2,1H3,(H,9,10). The number of carbonyl (C=O) groups is 1. The van der Waals surface area contributed by atoms with Crippen LogP contribution in [0.4, 0.5) is 0 Å². The van der Waals surface area contributed by atoms with Gasteiger partial charge in [0.25, 0.3) is 0 Å².